The van der Waals surface area contributed by atoms with Crippen molar-refractivity contribution in [1.29, 1.82) is 0 Å². The van der Waals surface area contributed by atoms with Crippen LogP contribution in [0.4, 0.5) is 5.00 Å². The Bertz CT molecular complexity index is 778. The van der Waals surface area contributed by atoms with Gasteiger partial charge in [-0.2, -0.15) is 0 Å². The lowest BCUT2D eigenvalue weighted by Gasteiger charge is -2.34. The van der Waals surface area contributed by atoms with E-state index in [4.69, 9.17) is 9.47 Å². The van der Waals surface area contributed by atoms with Crippen molar-refractivity contribution in [3.63, 3.8) is 0 Å². The van der Waals surface area contributed by atoms with Crippen LogP contribution in [-0.4, -0.2) is 55.2 Å². The molecule has 3 heterocycles. The zero-order valence-electron chi connectivity index (χ0n) is 15.7. The summed E-state index contributed by atoms with van der Waals surface area (Å²) in [6.45, 7) is 7.77. The highest BCUT2D eigenvalue weighted by molar-refractivity contribution is 7.17. The van der Waals surface area contributed by atoms with Gasteiger partial charge in [-0.3, -0.25) is 9.69 Å². The zero-order valence-corrected chi connectivity index (χ0v) is 17.3. The minimum absolute atomic E-state index is 0.101. The molecule has 0 aromatic carbocycles. The lowest BCUT2D eigenvalue weighted by atomic mass is 10.1. The van der Waals surface area contributed by atoms with Crippen molar-refractivity contribution >= 4 is 39.6 Å². The molecular formula is C19H24N2O4S2. The molecule has 3 rings (SSSR count). The molecule has 0 saturated carbocycles. The van der Waals surface area contributed by atoms with Gasteiger partial charge in [-0.25, -0.2) is 4.79 Å². The molecule has 27 heavy (non-hydrogen) atoms. The smallest absolute Gasteiger partial charge is 0.341 e. The molecule has 1 aliphatic heterocycles. The summed E-state index contributed by atoms with van der Waals surface area (Å²) in [5.74, 6) is -0.549. The quantitative estimate of drug-likeness (QED) is 0.738. The Balaban J connectivity index is 1.76. The number of ether oxygens (including phenoxy) is 2. The highest BCUT2D eigenvalue weighted by atomic mass is 32.1. The number of nitrogens with one attached hydrogen (secondary N) is 1. The van der Waals surface area contributed by atoms with Crippen LogP contribution in [0.2, 0.25) is 0 Å². The van der Waals surface area contributed by atoms with Gasteiger partial charge in [0.15, 0.2) is 0 Å². The van der Waals surface area contributed by atoms with Crippen LogP contribution in [0.25, 0.3) is 10.4 Å². The topological polar surface area (TPSA) is 67.9 Å². The number of carbonyl (C=O) groups is 2. The Morgan fingerprint density at radius 2 is 2.04 bits per heavy atom. The summed E-state index contributed by atoms with van der Waals surface area (Å²) in [4.78, 5) is 28.1. The lowest BCUT2D eigenvalue weighted by Crippen LogP contribution is -2.48. The minimum atomic E-state index is -0.411. The molecule has 1 fully saturated rings. The molecule has 146 valence electrons. The molecule has 1 N–H and O–H groups in total. The van der Waals surface area contributed by atoms with Crippen molar-refractivity contribution in [2.45, 2.75) is 33.0 Å². The van der Waals surface area contributed by atoms with E-state index in [9.17, 15) is 9.59 Å². The van der Waals surface area contributed by atoms with Gasteiger partial charge in [-0.1, -0.05) is 6.07 Å². The fourth-order valence-corrected chi connectivity index (χ4v) is 5.04. The molecule has 0 radical (unpaired) electrons. The number of morpholine rings is 1. The molecule has 1 amide bonds. The molecule has 2 aromatic rings. The van der Waals surface area contributed by atoms with Crippen LogP contribution in [0.5, 0.6) is 0 Å². The van der Waals surface area contributed by atoms with E-state index in [1.54, 1.807) is 18.3 Å². The number of thiophene rings is 2. The van der Waals surface area contributed by atoms with Gasteiger partial charge in [0, 0.05) is 28.9 Å². The molecule has 0 spiro atoms. The number of rotatable bonds is 6. The predicted octanol–water partition coefficient (Wildman–Crippen LogP) is 3.70. The van der Waals surface area contributed by atoms with Gasteiger partial charge >= 0.3 is 5.97 Å². The fraction of sp³-hybridized carbons (Fsp3) is 0.474. The zero-order chi connectivity index (χ0) is 19.4. The number of esters is 1. The van der Waals surface area contributed by atoms with Crippen molar-refractivity contribution in [3.05, 3.63) is 28.5 Å². The van der Waals surface area contributed by atoms with E-state index >= 15 is 0 Å². The first-order valence-electron chi connectivity index (χ1n) is 8.98. The summed E-state index contributed by atoms with van der Waals surface area (Å²) >= 11 is 2.90. The fourth-order valence-electron chi connectivity index (χ4n) is 3.25. The number of nitrogens with zero attached hydrogens (tertiary/aromatic N) is 1. The average molecular weight is 409 g/mol. The summed E-state index contributed by atoms with van der Waals surface area (Å²) in [6.07, 6.45) is 0.202. The normalized spacial score (nSPS) is 20.4. The Labute approximate surface area is 167 Å². The van der Waals surface area contributed by atoms with Crippen LogP contribution in [0.15, 0.2) is 22.9 Å². The number of anilines is 1. The SMILES string of the molecule is CCOC(=O)c1c(-c2cccs2)csc1NC(=O)CN1C[C@@H](C)O[C@@H](C)C1. The number of amides is 1. The van der Waals surface area contributed by atoms with E-state index in [0.29, 0.717) is 23.7 Å². The van der Waals surface area contributed by atoms with E-state index in [2.05, 4.69) is 10.2 Å². The Morgan fingerprint density at radius 1 is 1.30 bits per heavy atom. The summed E-state index contributed by atoms with van der Waals surface area (Å²) in [7, 11) is 0. The van der Waals surface area contributed by atoms with Crippen molar-refractivity contribution in [2.24, 2.45) is 0 Å². The monoisotopic (exact) mass is 408 g/mol. The van der Waals surface area contributed by atoms with E-state index < -0.39 is 5.97 Å². The molecule has 2 atom stereocenters. The second-order valence-electron chi connectivity index (χ2n) is 6.55. The molecule has 0 unspecified atom stereocenters. The van der Waals surface area contributed by atoms with Gasteiger partial charge in [0.1, 0.15) is 10.6 Å². The van der Waals surface area contributed by atoms with Gasteiger partial charge in [0.05, 0.1) is 25.4 Å². The number of hydrogen-bond donors (Lipinski definition) is 1. The van der Waals surface area contributed by atoms with Crippen molar-refractivity contribution in [3.8, 4) is 10.4 Å². The molecule has 1 aliphatic rings. The van der Waals surface area contributed by atoms with Crippen LogP contribution in [-0.2, 0) is 14.3 Å². The molecular weight excluding hydrogens is 384 g/mol. The summed E-state index contributed by atoms with van der Waals surface area (Å²) < 4.78 is 10.9. The van der Waals surface area contributed by atoms with E-state index in [1.807, 2.05) is 36.7 Å². The van der Waals surface area contributed by atoms with Crippen LogP contribution in [0, 0.1) is 0 Å². The van der Waals surface area contributed by atoms with Crippen LogP contribution >= 0.6 is 22.7 Å². The predicted molar refractivity (Wildman–Crippen MR) is 109 cm³/mol. The van der Waals surface area contributed by atoms with Gasteiger partial charge in [-0.05, 0) is 32.2 Å². The van der Waals surface area contributed by atoms with Crippen molar-refractivity contribution < 1.29 is 19.1 Å². The second-order valence-corrected chi connectivity index (χ2v) is 8.38. The van der Waals surface area contributed by atoms with Gasteiger partial charge in [-0.15, -0.1) is 22.7 Å². The van der Waals surface area contributed by atoms with Crippen LogP contribution in [0.1, 0.15) is 31.1 Å². The van der Waals surface area contributed by atoms with E-state index in [0.717, 1.165) is 10.4 Å². The maximum Gasteiger partial charge on any atom is 0.341 e. The highest BCUT2D eigenvalue weighted by Crippen LogP contribution is 2.38. The van der Waals surface area contributed by atoms with Gasteiger partial charge < -0.3 is 14.8 Å². The molecule has 0 aliphatic carbocycles. The first-order valence-corrected chi connectivity index (χ1v) is 10.7. The van der Waals surface area contributed by atoms with Gasteiger partial charge in [0.25, 0.3) is 0 Å². The average Bonchev–Trinajstić information content (AvgIpc) is 3.23. The third-order valence-corrected chi connectivity index (χ3v) is 5.97. The number of carbonyl (C=O) groups excluding carboxylic acids is 2. The lowest BCUT2D eigenvalue weighted by molar-refractivity contribution is -0.121. The van der Waals surface area contributed by atoms with Crippen molar-refractivity contribution in [2.75, 3.05) is 31.6 Å². The Morgan fingerprint density at radius 3 is 2.67 bits per heavy atom. The molecule has 1 saturated heterocycles. The highest BCUT2D eigenvalue weighted by Gasteiger charge is 2.26. The summed E-state index contributed by atoms with van der Waals surface area (Å²) in [5, 5.41) is 7.30. The number of hydrogen-bond acceptors (Lipinski definition) is 7. The first kappa shape index (κ1) is 20.0. The van der Waals surface area contributed by atoms with Crippen molar-refractivity contribution in [1.82, 2.24) is 4.90 Å². The third-order valence-electron chi connectivity index (χ3n) is 4.17. The molecule has 0 bridgehead atoms. The first-order chi connectivity index (χ1) is 13.0. The van der Waals surface area contributed by atoms with Crippen LogP contribution < -0.4 is 5.32 Å². The molecule has 8 heteroatoms. The molecule has 6 nitrogen and oxygen atoms in total. The molecule has 2 aromatic heterocycles. The van der Waals surface area contributed by atoms with E-state index in [-0.39, 0.29) is 31.3 Å². The largest absolute Gasteiger partial charge is 0.462 e. The maximum absolute atomic E-state index is 12.6. The van der Waals surface area contributed by atoms with Gasteiger partial charge in [0.2, 0.25) is 5.91 Å². The summed E-state index contributed by atoms with van der Waals surface area (Å²) in [5.41, 5.74) is 1.23. The minimum Gasteiger partial charge on any atom is -0.462 e. The third kappa shape index (κ3) is 4.95. The van der Waals surface area contributed by atoms with E-state index in [1.165, 1.54) is 11.3 Å². The standard InChI is InChI=1S/C19H24N2O4S2/c1-4-24-19(23)17-14(15-6-5-7-26-15)11-27-18(17)20-16(22)10-21-8-12(2)25-13(3)9-21/h5-7,11-13H,4,8-10H2,1-3H3,(H,20,22)/t12-,13+. The Hall–Kier alpha value is -1.74. The Kier molecular flexibility index (Phi) is 6.64. The van der Waals surface area contributed by atoms with Crippen LogP contribution in [0.3, 0.4) is 0 Å². The second kappa shape index (κ2) is 8.97. The maximum atomic E-state index is 12.6. The summed E-state index contributed by atoms with van der Waals surface area (Å²) in [6, 6.07) is 3.89.